The first kappa shape index (κ1) is 11.1. The molecule has 4 rings (SSSR count). The number of aliphatic imine (C=N–C) groups is 1. The maximum Gasteiger partial charge on any atom is 0.140 e. The summed E-state index contributed by atoms with van der Waals surface area (Å²) in [7, 11) is 0. The third-order valence-electron chi connectivity index (χ3n) is 3.58. The van der Waals surface area contributed by atoms with Gasteiger partial charge < -0.3 is 11.1 Å². The van der Waals surface area contributed by atoms with E-state index in [1.807, 2.05) is 42.5 Å². The first-order valence-electron chi connectivity index (χ1n) is 6.55. The van der Waals surface area contributed by atoms with Crippen molar-refractivity contribution in [2.75, 3.05) is 11.1 Å². The van der Waals surface area contributed by atoms with E-state index in [0.29, 0.717) is 0 Å². The summed E-state index contributed by atoms with van der Waals surface area (Å²) in [6, 6.07) is 20.1. The number of hydrogen-bond acceptors (Lipinski definition) is 3. The highest BCUT2D eigenvalue weighted by molar-refractivity contribution is 6.20. The minimum absolute atomic E-state index is 0.727. The van der Waals surface area contributed by atoms with Gasteiger partial charge in [-0.3, -0.25) is 0 Å². The van der Waals surface area contributed by atoms with Crippen molar-refractivity contribution < 1.29 is 0 Å². The van der Waals surface area contributed by atoms with Crippen LogP contribution in [0.5, 0.6) is 0 Å². The number of rotatable bonds is 1. The quantitative estimate of drug-likeness (QED) is 0.651. The van der Waals surface area contributed by atoms with Crippen molar-refractivity contribution in [2.45, 2.75) is 0 Å². The molecule has 3 aromatic carbocycles. The molecule has 3 N–H and O–H groups in total. The summed E-state index contributed by atoms with van der Waals surface area (Å²) < 4.78 is 0. The number of nitrogens with zero attached hydrogens (tertiary/aromatic N) is 1. The number of nitrogen functional groups attached to an aromatic ring is 1. The Balaban J connectivity index is 1.97. The van der Waals surface area contributed by atoms with Gasteiger partial charge in [-0.15, -0.1) is 0 Å². The minimum atomic E-state index is 0.727. The molecule has 0 fully saturated rings. The van der Waals surface area contributed by atoms with Crippen molar-refractivity contribution >= 4 is 33.7 Å². The van der Waals surface area contributed by atoms with Gasteiger partial charge >= 0.3 is 0 Å². The molecule has 20 heavy (non-hydrogen) atoms. The lowest BCUT2D eigenvalue weighted by Gasteiger charge is -2.19. The maximum atomic E-state index is 6.05. The van der Waals surface area contributed by atoms with Gasteiger partial charge in [0.2, 0.25) is 0 Å². The molecular weight excluding hydrogens is 246 g/mol. The second-order valence-corrected chi connectivity index (χ2v) is 4.85. The molecule has 0 aliphatic carbocycles. The summed E-state index contributed by atoms with van der Waals surface area (Å²) in [4.78, 5) is 4.72. The zero-order valence-corrected chi connectivity index (χ0v) is 10.8. The highest BCUT2D eigenvalue weighted by atomic mass is 15.0. The van der Waals surface area contributed by atoms with Gasteiger partial charge in [0.05, 0.1) is 5.69 Å². The molecule has 0 amide bonds. The van der Waals surface area contributed by atoms with Crippen LogP contribution in [-0.2, 0) is 0 Å². The molecule has 0 aromatic heterocycles. The summed E-state index contributed by atoms with van der Waals surface area (Å²) in [5.41, 5.74) is 9.76. The van der Waals surface area contributed by atoms with Gasteiger partial charge in [0.15, 0.2) is 0 Å². The molecule has 1 heterocycles. The van der Waals surface area contributed by atoms with Crippen LogP contribution in [0, 0.1) is 0 Å². The fraction of sp³-hybridized carbons (Fsp3) is 0. The van der Waals surface area contributed by atoms with Crippen molar-refractivity contribution in [3.8, 4) is 0 Å². The van der Waals surface area contributed by atoms with E-state index in [-0.39, 0.29) is 0 Å². The minimum Gasteiger partial charge on any atom is -0.398 e. The molecule has 0 radical (unpaired) electrons. The third-order valence-corrected chi connectivity index (χ3v) is 3.58. The van der Waals surface area contributed by atoms with Crippen LogP contribution in [0.15, 0.2) is 65.7 Å². The molecule has 0 bridgehead atoms. The summed E-state index contributed by atoms with van der Waals surface area (Å²) in [5, 5.41) is 5.74. The lowest BCUT2D eigenvalue weighted by atomic mass is 10.0. The lowest BCUT2D eigenvalue weighted by Crippen LogP contribution is -2.17. The van der Waals surface area contributed by atoms with Crippen molar-refractivity contribution in [1.29, 1.82) is 0 Å². The van der Waals surface area contributed by atoms with E-state index in [2.05, 4.69) is 23.5 Å². The molecule has 0 saturated carbocycles. The van der Waals surface area contributed by atoms with Crippen LogP contribution in [0.1, 0.15) is 5.56 Å². The highest BCUT2D eigenvalue weighted by Gasteiger charge is 2.16. The topological polar surface area (TPSA) is 50.4 Å². The molecule has 0 unspecified atom stereocenters. The Labute approximate surface area is 116 Å². The average Bonchev–Trinajstić information content (AvgIpc) is 2.48. The Kier molecular flexibility index (Phi) is 2.27. The molecule has 1 aliphatic rings. The number of hydrogen-bond donors (Lipinski definition) is 2. The molecular formula is C17H13N3. The van der Waals surface area contributed by atoms with Gasteiger partial charge in [0.25, 0.3) is 0 Å². The van der Waals surface area contributed by atoms with Crippen molar-refractivity contribution in [2.24, 2.45) is 4.99 Å². The van der Waals surface area contributed by atoms with Crippen LogP contribution in [0.25, 0.3) is 10.8 Å². The predicted octanol–water partition coefficient (Wildman–Crippen LogP) is 3.93. The standard InChI is InChI=1S/C17H13N3/c18-13-8-2-1-7-12(13)17-19-14-9-3-5-11-6-4-10-15(20-17)16(11)14/h1-10H,18H2,(H,19,20). The van der Waals surface area contributed by atoms with Crippen molar-refractivity contribution in [1.82, 2.24) is 0 Å². The van der Waals surface area contributed by atoms with E-state index in [9.17, 15) is 0 Å². The van der Waals surface area contributed by atoms with Crippen LogP contribution in [0.2, 0.25) is 0 Å². The zero-order chi connectivity index (χ0) is 13.5. The average molecular weight is 259 g/mol. The summed E-state index contributed by atoms with van der Waals surface area (Å²) in [6.07, 6.45) is 0. The van der Waals surface area contributed by atoms with Crippen LogP contribution in [0.3, 0.4) is 0 Å². The Morgan fingerprint density at radius 2 is 1.65 bits per heavy atom. The molecule has 96 valence electrons. The number of anilines is 2. The van der Waals surface area contributed by atoms with E-state index in [4.69, 9.17) is 10.7 Å². The second-order valence-electron chi connectivity index (χ2n) is 4.85. The van der Waals surface area contributed by atoms with E-state index in [1.165, 1.54) is 5.39 Å². The molecule has 0 atom stereocenters. The second kappa shape index (κ2) is 4.10. The Morgan fingerprint density at radius 3 is 2.50 bits per heavy atom. The monoisotopic (exact) mass is 259 g/mol. The molecule has 3 nitrogen and oxygen atoms in total. The fourth-order valence-electron chi connectivity index (χ4n) is 2.63. The van der Waals surface area contributed by atoms with Crippen LogP contribution < -0.4 is 11.1 Å². The van der Waals surface area contributed by atoms with Gasteiger partial charge in [0, 0.05) is 22.3 Å². The first-order chi connectivity index (χ1) is 9.83. The summed E-state index contributed by atoms with van der Waals surface area (Å²) >= 11 is 0. The number of nitrogens with one attached hydrogen (secondary N) is 1. The summed E-state index contributed by atoms with van der Waals surface area (Å²) in [6.45, 7) is 0. The van der Waals surface area contributed by atoms with Gasteiger partial charge in [0.1, 0.15) is 5.84 Å². The highest BCUT2D eigenvalue weighted by Crippen LogP contribution is 2.36. The number of benzene rings is 3. The fourth-order valence-corrected chi connectivity index (χ4v) is 2.63. The number of amidine groups is 1. The SMILES string of the molecule is Nc1ccccc1C1=Nc2cccc3cccc(c23)N1. The van der Waals surface area contributed by atoms with Crippen LogP contribution in [-0.4, -0.2) is 5.84 Å². The molecule has 0 saturated heterocycles. The number of nitrogens with two attached hydrogens (primary N) is 1. The number of para-hydroxylation sites is 1. The third kappa shape index (κ3) is 1.57. The van der Waals surface area contributed by atoms with Gasteiger partial charge in [-0.2, -0.15) is 0 Å². The smallest absolute Gasteiger partial charge is 0.140 e. The van der Waals surface area contributed by atoms with E-state index in [1.54, 1.807) is 0 Å². The normalized spacial score (nSPS) is 12.9. The van der Waals surface area contributed by atoms with E-state index >= 15 is 0 Å². The largest absolute Gasteiger partial charge is 0.398 e. The van der Waals surface area contributed by atoms with Crippen LogP contribution >= 0.6 is 0 Å². The van der Waals surface area contributed by atoms with Crippen molar-refractivity contribution in [3.05, 3.63) is 66.2 Å². The van der Waals surface area contributed by atoms with Crippen molar-refractivity contribution in [3.63, 3.8) is 0 Å². The van der Waals surface area contributed by atoms with Gasteiger partial charge in [-0.05, 0) is 29.7 Å². The van der Waals surface area contributed by atoms with Crippen LogP contribution in [0.4, 0.5) is 17.1 Å². The lowest BCUT2D eigenvalue weighted by molar-refractivity contribution is 1.46. The predicted molar refractivity (Wildman–Crippen MR) is 84.6 cm³/mol. The molecule has 3 heteroatoms. The Hall–Kier alpha value is -2.81. The molecule has 1 aliphatic heterocycles. The van der Waals surface area contributed by atoms with E-state index in [0.717, 1.165) is 33.8 Å². The Bertz CT molecular complexity index is 844. The van der Waals surface area contributed by atoms with Gasteiger partial charge in [-0.1, -0.05) is 36.4 Å². The molecule has 0 spiro atoms. The Morgan fingerprint density at radius 1 is 0.850 bits per heavy atom. The summed E-state index contributed by atoms with van der Waals surface area (Å²) in [5.74, 6) is 0.800. The maximum absolute atomic E-state index is 6.05. The zero-order valence-electron chi connectivity index (χ0n) is 10.8. The first-order valence-corrected chi connectivity index (χ1v) is 6.55. The van der Waals surface area contributed by atoms with Gasteiger partial charge in [-0.25, -0.2) is 4.99 Å². The molecule has 3 aromatic rings. The van der Waals surface area contributed by atoms with E-state index < -0.39 is 0 Å².